The fourth-order valence-corrected chi connectivity index (χ4v) is 7.06. The lowest BCUT2D eigenvalue weighted by Crippen LogP contribution is -2.23. The Bertz CT molecular complexity index is 719. The van der Waals surface area contributed by atoms with Crippen molar-refractivity contribution < 1.29 is 9.53 Å². The zero-order chi connectivity index (χ0) is 27.9. The predicted octanol–water partition coefficient (Wildman–Crippen LogP) is 12.6. The third kappa shape index (κ3) is 14.5. The minimum atomic E-state index is -0.159. The Morgan fingerprint density at radius 2 is 0.750 bits per heavy atom. The number of hydrogen-bond acceptors (Lipinski definition) is 2. The Morgan fingerprint density at radius 1 is 0.425 bits per heavy atom. The number of hydrogen-bond donors (Lipinski definition) is 0. The third-order valence-corrected chi connectivity index (χ3v) is 9.61. The van der Waals surface area contributed by atoms with Crippen LogP contribution in [-0.2, 0) is 9.53 Å². The molecule has 0 fully saturated rings. The van der Waals surface area contributed by atoms with Crippen LogP contribution in [0, 0.1) is 5.92 Å². The van der Waals surface area contributed by atoms with E-state index >= 15 is 0 Å². The third-order valence-electron chi connectivity index (χ3n) is 9.61. The van der Waals surface area contributed by atoms with Crippen LogP contribution in [-0.4, -0.2) is 5.97 Å². The van der Waals surface area contributed by atoms with Gasteiger partial charge in [-0.15, -0.1) is 0 Å². The molecule has 0 unspecified atom stereocenters. The average molecular weight is 553 g/mol. The molecule has 0 aliphatic heterocycles. The fourth-order valence-electron chi connectivity index (χ4n) is 7.06. The summed E-state index contributed by atoms with van der Waals surface area (Å²) in [6.07, 6.45) is 45.1. The molecule has 3 aliphatic carbocycles. The van der Waals surface area contributed by atoms with Crippen molar-refractivity contribution in [1.29, 1.82) is 0 Å². The molecule has 3 rings (SSSR count). The topological polar surface area (TPSA) is 26.3 Å². The molecule has 0 aromatic carbocycles. The van der Waals surface area contributed by atoms with Crippen molar-refractivity contribution in [1.82, 2.24) is 0 Å². The molecular formula is C38H64O2. The average Bonchev–Trinajstić information content (AvgIpc) is 2.93. The van der Waals surface area contributed by atoms with E-state index in [-0.39, 0.29) is 11.9 Å². The van der Waals surface area contributed by atoms with Crippen molar-refractivity contribution in [3.05, 3.63) is 35.1 Å². The van der Waals surface area contributed by atoms with Gasteiger partial charge in [0.1, 0.15) is 5.76 Å². The lowest BCUT2D eigenvalue weighted by atomic mass is 9.83. The molecule has 0 amide bonds. The minimum Gasteiger partial charge on any atom is -0.431 e. The molecule has 0 saturated carbocycles. The van der Waals surface area contributed by atoms with E-state index in [1.54, 1.807) is 0 Å². The van der Waals surface area contributed by atoms with Gasteiger partial charge in [-0.2, -0.15) is 0 Å². The van der Waals surface area contributed by atoms with Crippen molar-refractivity contribution in [2.45, 2.75) is 193 Å². The van der Waals surface area contributed by atoms with Crippen LogP contribution in [0.2, 0.25) is 0 Å². The van der Waals surface area contributed by atoms with Gasteiger partial charge >= 0.3 is 5.97 Å². The van der Waals surface area contributed by atoms with E-state index in [9.17, 15) is 4.79 Å². The second kappa shape index (κ2) is 22.3. The summed E-state index contributed by atoms with van der Waals surface area (Å²) < 4.78 is 6.45. The fraction of sp³-hybridized carbons (Fsp3) is 0.816. The lowest BCUT2D eigenvalue weighted by Gasteiger charge is -2.25. The normalized spacial score (nSPS) is 23.9. The first-order chi connectivity index (χ1) is 19.8. The molecule has 2 nitrogen and oxygen atoms in total. The van der Waals surface area contributed by atoms with Gasteiger partial charge in [-0.25, -0.2) is 0 Å². The molecule has 0 atom stereocenters. The summed E-state index contributed by atoms with van der Waals surface area (Å²) in [6.45, 7) is 0. The van der Waals surface area contributed by atoms with Gasteiger partial charge in [0.15, 0.2) is 0 Å². The van der Waals surface area contributed by atoms with Crippen molar-refractivity contribution in [3.63, 3.8) is 0 Å². The van der Waals surface area contributed by atoms with Crippen molar-refractivity contribution in [3.8, 4) is 0 Å². The Balaban J connectivity index is 1.83. The molecule has 0 aromatic rings. The monoisotopic (exact) mass is 552 g/mol. The van der Waals surface area contributed by atoms with Crippen LogP contribution in [0.4, 0.5) is 0 Å². The van der Waals surface area contributed by atoms with Crippen LogP contribution in [0.15, 0.2) is 35.1 Å². The largest absolute Gasteiger partial charge is 0.431 e. The molecule has 0 aromatic heterocycles. The zero-order valence-electron chi connectivity index (χ0n) is 26.3. The second-order valence-corrected chi connectivity index (χ2v) is 13.2. The van der Waals surface area contributed by atoms with Gasteiger partial charge in [0.25, 0.3) is 0 Å². The van der Waals surface area contributed by atoms with E-state index < -0.39 is 0 Å². The Labute approximate surface area is 248 Å². The van der Waals surface area contributed by atoms with Gasteiger partial charge in [-0.3, -0.25) is 4.79 Å². The highest BCUT2D eigenvalue weighted by atomic mass is 16.5. The van der Waals surface area contributed by atoms with Gasteiger partial charge in [0.05, 0.1) is 5.92 Å². The predicted molar refractivity (Wildman–Crippen MR) is 172 cm³/mol. The van der Waals surface area contributed by atoms with Crippen molar-refractivity contribution >= 4 is 5.97 Å². The second-order valence-electron chi connectivity index (χ2n) is 13.2. The molecule has 0 heterocycles. The number of carbonyl (C=O) groups excluding carboxylic acids is 1. The quantitative estimate of drug-likeness (QED) is 0.256. The minimum absolute atomic E-state index is 0.0371. The first kappa shape index (κ1) is 33.2. The molecule has 0 saturated heterocycles. The maximum atomic E-state index is 14.3. The number of allylic oxidation sites excluding steroid dienone is 4. The van der Waals surface area contributed by atoms with E-state index in [0.29, 0.717) is 0 Å². The van der Waals surface area contributed by atoms with Crippen molar-refractivity contribution in [2.24, 2.45) is 5.92 Å². The summed E-state index contributed by atoms with van der Waals surface area (Å²) in [6, 6.07) is 0. The van der Waals surface area contributed by atoms with Crippen LogP contribution in [0.5, 0.6) is 0 Å². The SMILES string of the molecule is O=C(OC1=CCCCCCCCCCC1)C(C1=CCCCCCCCCCC1)C1=CCCCCCCCCCC1. The smallest absolute Gasteiger partial charge is 0.322 e. The molecule has 0 spiro atoms. The van der Waals surface area contributed by atoms with Gasteiger partial charge in [0, 0.05) is 6.42 Å². The summed E-state index contributed by atoms with van der Waals surface area (Å²) >= 11 is 0. The summed E-state index contributed by atoms with van der Waals surface area (Å²) in [7, 11) is 0. The van der Waals surface area contributed by atoms with Crippen LogP contribution >= 0.6 is 0 Å². The van der Waals surface area contributed by atoms with Gasteiger partial charge < -0.3 is 4.74 Å². The molecule has 2 heteroatoms. The Kier molecular flexibility index (Phi) is 18.5. The highest BCUT2D eigenvalue weighted by Crippen LogP contribution is 2.34. The van der Waals surface area contributed by atoms with Gasteiger partial charge in [-0.1, -0.05) is 139 Å². The van der Waals surface area contributed by atoms with E-state index in [4.69, 9.17) is 4.74 Å². The molecule has 3 aliphatic rings. The van der Waals surface area contributed by atoms with Crippen LogP contribution in [0.25, 0.3) is 0 Å². The molecule has 0 bridgehead atoms. The van der Waals surface area contributed by atoms with Crippen LogP contribution in [0.1, 0.15) is 193 Å². The summed E-state index contributed by atoms with van der Waals surface area (Å²) in [5, 5.41) is 0. The molecule has 228 valence electrons. The Hall–Kier alpha value is -1.31. The maximum Gasteiger partial charge on any atom is 0.322 e. The molecule has 0 radical (unpaired) electrons. The Morgan fingerprint density at radius 3 is 1.18 bits per heavy atom. The van der Waals surface area contributed by atoms with Crippen LogP contribution < -0.4 is 0 Å². The van der Waals surface area contributed by atoms with Gasteiger partial charge in [-0.05, 0) is 76.7 Å². The zero-order valence-corrected chi connectivity index (χ0v) is 26.3. The molecule has 40 heavy (non-hydrogen) atoms. The van der Waals surface area contributed by atoms with Crippen molar-refractivity contribution in [2.75, 3.05) is 0 Å². The molecular weight excluding hydrogens is 488 g/mol. The number of ether oxygens (including phenoxy) is 1. The highest BCUT2D eigenvalue weighted by molar-refractivity contribution is 5.80. The standard InChI is InChI=1S/C38H64O2/c39-38(40-36-32-26-20-14-8-3-9-15-21-27-33-36)37(34-28-22-16-10-4-1-5-11-17-23-29-34)35-30-24-18-12-6-2-7-13-19-25-31-35/h28,30,32,37H,1-27,29,31,33H2. The van der Waals surface area contributed by atoms with E-state index in [1.165, 1.54) is 159 Å². The molecule has 0 N–H and O–H groups in total. The summed E-state index contributed by atoms with van der Waals surface area (Å²) in [4.78, 5) is 14.3. The van der Waals surface area contributed by atoms with E-state index in [0.717, 1.165) is 50.7 Å². The summed E-state index contributed by atoms with van der Waals surface area (Å²) in [5.74, 6) is 0.848. The van der Waals surface area contributed by atoms with E-state index in [1.807, 2.05) is 0 Å². The first-order valence-corrected chi connectivity index (χ1v) is 18.1. The van der Waals surface area contributed by atoms with E-state index in [2.05, 4.69) is 18.2 Å². The number of rotatable bonds is 4. The van der Waals surface area contributed by atoms with Gasteiger partial charge in [0.2, 0.25) is 0 Å². The first-order valence-electron chi connectivity index (χ1n) is 18.1. The number of carbonyl (C=O) groups is 1. The lowest BCUT2D eigenvalue weighted by molar-refractivity contribution is -0.142. The number of esters is 1. The highest BCUT2D eigenvalue weighted by Gasteiger charge is 2.29. The summed E-state index contributed by atoms with van der Waals surface area (Å²) in [5.41, 5.74) is 2.77. The maximum absolute atomic E-state index is 14.3. The van der Waals surface area contributed by atoms with Crippen LogP contribution in [0.3, 0.4) is 0 Å².